The van der Waals surface area contributed by atoms with Gasteiger partial charge in [0.05, 0.1) is 19.2 Å². The van der Waals surface area contributed by atoms with Gasteiger partial charge in [-0.25, -0.2) is 18.4 Å². The van der Waals surface area contributed by atoms with Crippen LogP contribution < -0.4 is 0 Å². The lowest BCUT2D eigenvalue weighted by Crippen LogP contribution is -2.48. The lowest BCUT2D eigenvalue weighted by atomic mass is 9.98. The summed E-state index contributed by atoms with van der Waals surface area (Å²) >= 11 is 0. The van der Waals surface area contributed by atoms with Gasteiger partial charge in [-0.05, 0) is 43.0 Å². The van der Waals surface area contributed by atoms with E-state index in [0.29, 0.717) is 5.06 Å². The molecule has 34 heavy (non-hydrogen) atoms. The molecule has 0 N–H and O–H groups in total. The molecular formula is C25H26F2N2O5. The second kappa shape index (κ2) is 7.94. The minimum Gasteiger partial charge on any atom is -0.447 e. The molecule has 2 aliphatic heterocycles. The van der Waals surface area contributed by atoms with Crippen molar-refractivity contribution in [2.24, 2.45) is 0 Å². The van der Waals surface area contributed by atoms with Crippen molar-refractivity contribution in [3.63, 3.8) is 0 Å². The molecule has 2 amide bonds. The van der Waals surface area contributed by atoms with E-state index in [1.165, 1.54) is 0 Å². The molecule has 0 aromatic heterocycles. The van der Waals surface area contributed by atoms with E-state index in [9.17, 15) is 18.4 Å². The number of likely N-dealkylation sites (tertiary alicyclic amines) is 1. The van der Waals surface area contributed by atoms with Gasteiger partial charge in [-0.15, -0.1) is 0 Å². The van der Waals surface area contributed by atoms with Gasteiger partial charge < -0.3 is 9.47 Å². The number of hydrogen-bond acceptors (Lipinski definition) is 5. The Balaban J connectivity index is 1.31. The third-order valence-corrected chi connectivity index (χ3v) is 6.36. The second-order valence-electron chi connectivity index (χ2n) is 9.81. The van der Waals surface area contributed by atoms with Gasteiger partial charge in [0.15, 0.2) is 6.04 Å². The van der Waals surface area contributed by atoms with E-state index < -0.39 is 42.3 Å². The number of carbonyl (C=O) groups excluding carboxylic acids is 2. The maximum atomic E-state index is 14.9. The summed E-state index contributed by atoms with van der Waals surface area (Å²) in [5, 5.41) is 0.585. The van der Waals surface area contributed by atoms with Crippen LogP contribution in [-0.2, 0) is 14.3 Å². The van der Waals surface area contributed by atoms with E-state index >= 15 is 0 Å². The van der Waals surface area contributed by atoms with Gasteiger partial charge in [0.25, 0.3) is 5.92 Å². The normalized spacial score (nSPS) is 22.9. The van der Waals surface area contributed by atoms with Crippen LogP contribution in [0.3, 0.4) is 0 Å². The van der Waals surface area contributed by atoms with Crippen LogP contribution in [0.5, 0.6) is 0 Å². The Morgan fingerprint density at radius 1 is 1.03 bits per heavy atom. The molecule has 1 unspecified atom stereocenters. The summed E-state index contributed by atoms with van der Waals surface area (Å²) in [4.78, 5) is 31.6. The fourth-order valence-electron chi connectivity index (χ4n) is 4.98. The molecule has 0 saturated carbocycles. The molecule has 1 aliphatic carbocycles. The first-order chi connectivity index (χ1) is 16.1. The molecule has 2 saturated heterocycles. The number of nitrogens with zero attached hydrogens (tertiary/aromatic N) is 2. The van der Waals surface area contributed by atoms with E-state index in [4.69, 9.17) is 14.3 Å². The first-order valence-corrected chi connectivity index (χ1v) is 11.2. The average molecular weight is 472 g/mol. The molecule has 0 radical (unpaired) electrons. The van der Waals surface area contributed by atoms with Gasteiger partial charge in [0.2, 0.25) is 0 Å². The van der Waals surface area contributed by atoms with Crippen molar-refractivity contribution in [3.05, 3.63) is 59.7 Å². The number of amides is 2. The van der Waals surface area contributed by atoms with Crippen LogP contribution in [0.1, 0.15) is 37.8 Å². The van der Waals surface area contributed by atoms with Gasteiger partial charge in [-0.2, -0.15) is 5.06 Å². The zero-order valence-electron chi connectivity index (χ0n) is 19.2. The monoisotopic (exact) mass is 472 g/mol. The minimum absolute atomic E-state index is 0.0224. The number of benzene rings is 2. The first-order valence-electron chi connectivity index (χ1n) is 11.2. The van der Waals surface area contributed by atoms with Gasteiger partial charge in [0.1, 0.15) is 12.2 Å². The number of hydrogen-bond donors (Lipinski definition) is 0. The third kappa shape index (κ3) is 3.77. The summed E-state index contributed by atoms with van der Waals surface area (Å²) < 4.78 is 40.6. The van der Waals surface area contributed by atoms with Crippen molar-refractivity contribution in [1.82, 2.24) is 9.96 Å². The Morgan fingerprint density at radius 3 is 2.21 bits per heavy atom. The summed E-state index contributed by atoms with van der Waals surface area (Å²) in [5.74, 6) is -3.58. The van der Waals surface area contributed by atoms with Crippen molar-refractivity contribution in [3.8, 4) is 11.1 Å². The maximum Gasteiger partial charge on any atom is 0.434 e. The summed E-state index contributed by atoms with van der Waals surface area (Å²) in [6.07, 6.45) is -1.86. The van der Waals surface area contributed by atoms with Gasteiger partial charge >= 0.3 is 12.2 Å². The maximum absolute atomic E-state index is 14.9. The minimum atomic E-state index is -3.37. The van der Waals surface area contributed by atoms with Crippen LogP contribution in [0.2, 0.25) is 0 Å². The number of hydroxylamine groups is 2. The largest absolute Gasteiger partial charge is 0.447 e. The lowest BCUT2D eigenvalue weighted by Gasteiger charge is -2.26. The van der Waals surface area contributed by atoms with Crippen LogP contribution in [0.15, 0.2) is 48.5 Å². The van der Waals surface area contributed by atoms with E-state index in [1.807, 2.05) is 48.5 Å². The topological polar surface area (TPSA) is 68.3 Å². The smallest absolute Gasteiger partial charge is 0.434 e. The molecule has 7 nitrogen and oxygen atoms in total. The van der Waals surface area contributed by atoms with Crippen molar-refractivity contribution in [1.29, 1.82) is 0 Å². The van der Waals surface area contributed by atoms with Crippen molar-refractivity contribution < 1.29 is 32.7 Å². The molecule has 2 aromatic rings. The molecular weight excluding hydrogens is 446 g/mol. The van der Waals surface area contributed by atoms with Crippen LogP contribution in [0.4, 0.5) is 18.4 Å². The lowest BCUT2D eigenvalue weighted by molar-refractivity contribution is -0.161. The van der Waals surface area contributed by atoms with Crippen molar-refractivity contribution in [2.75, 3.05) is 19.8 Å². The Bertz CT molecular complexity index is 1090. The Hall–Kier alpha value is -3.20. The molecule has 3 aliphatic rings. The zero-order chi connectivity index (χ0) is 24.3. The average Bonchev–Trinajstić information content (AvgIpc) is 3.42. The molecule has 180 valence electrons. The fraction of sp³-hybridized carbons (Fsp3) is 0.440. The summed E-state index contributed by atoms with van der Waals surface area (Å²) in [6, 6.07) is 13.0. The molecule has 9 heteroatoms. The predicted octanol–water partition coefficient (Wildman–Crippen LogP) is 4.81. The van der Waals surface area contributed by atoms with Crippen LogP contribution in [0, 0.1) is 0 Å². The van der Waals surface area contributed by atoms with Crippen molar-refractivity contribution >= 4 is 12.2 Å². The Labute approximate surface area is 196 Å². The molecule has 0 spiro atoms. The highest BCUT2D eigenvalue weighted by molar-refractivity contribution is 5.79. The number of alkyl halides is 2. The number of carbonyl (C=O) groups is 2. The number of fused-ring (bicyclic) bond motifs is 4. The quantitative estimate of drug-likeness (QED) is 0.628. The molecule has 2 aromatic carbocycles. The zero-order valence-corrected chi connectivity index (χ0v) is 19.2. The highest BCUT2D eigenvalue weighted by Crippen LogP contribution is 2.45. The van der Waals surface area contributed by atoms with E-state index in [-0.39, 0.29) is 19.1 Å². The second-order valence-corrected chi connectivity index (χ2v) is 9.81. The van der Waals surface area contributed by atoms with Crippen molar-refractivity contribution in [2.45, 2.75) is 50.3 Å². The van der Waals surface area contributed by atoms with Gasteiger partial charge in [-0.1, -0.05) is 48.5 Å². The Kier molecular flexibility index (Phi) is 5.27. The highest BCUT2D eigenvalue weighted by Gasteiger charge is 2.64. The third-order valence-electron chi connectivity index (χ3n) is 6.36. The van der Waals surface area contributed by atoms with Gasteiger partial charge in [-0.3, -0.25) is 9.74 Å². The molecule has 5 rings (SSSR count). The van der Waals surface area contributed by atoms with Crippen LogP contribution >= 0.6 is 0 Å². The summed E-state index contributed by atoms with van der Waals surface area (Å²) in [5.41, 5.74) is 3.31. The Morgan fingerprint density at radius 2 is 1.62 bits per heavy atom. The molecule has 2 heterocycles. The molecule has 2 fully saturated rings. The van der Waals surface area contributed by atoms with E-state index in [1.54, 1.807) is 20.8 Å². The summed E-state index contributed by atoms with van der Waals surface area (Å²) in [7, 11) is 0. The fourth-order valence-corrected chi connectivity index (χ4v) is 4.98. The number of halogens is 2. The SMILES string of the molecule is CC(C)(C)OC(=O)N1CC(F)(F)[C@@H]2C1CON2C(=O)OCC1c2ccccc2-c2ccccc21. The molecule has 0 bridgehead atoms. The standard InChI is InChI=1S/C25H26F2N2O5/c1-24(2,3)34-22(30)28-14-25(26,27)21-20(28)13-33-29(21)23(31)32-12-19-17-10-6-4-8-15(17)16-9-5-7-11-18(16)19/h4-11,19-21H,12-14H2,1-3H3/t20?,21-/m0/s1. The molecule has 2 atom stereocenters. The summed E-state index contributed by atoms with van der Waals surface area (Å²) in [6.45, 7) is 3.85. The van der Waals surface area contributed by atoms with Crippen LogP contribution in [0.25, 0.3) is 11.1 Å². The van der Waals surface area contributed by atoms with E-state index in [2.05, 4.69) is 0 Å². The number of rotatable bonds is 2. The van der Waals surface area contributed by atoms with Crippen LogP contribution in [-0.4, -0.2) is 65.5 Å². The highest BCUT2D eigenvalue weighted by atomic mass is 19.3. The predicted molar refractivity (Wildman–Crippen MR) is 118 cm³/mol. The van der Waals surface area contributed by atoms with Gasteiger partial charge in [0, 0.05) is 5.92 Å². The number of ether oxygens (including phenoxy) is 2. The first kappa shape index (κ1) is 22.6. The van der Waals surface area contributed by atoms with E-state index in [0.717, 1.165) is 27.2 Å².